The molecule has 0 saturated carbocycles. The van der Waals surface area contributed by atoms with Crippen molar-refractivity contribution in [1.82, 2.24) is 9.78 Å². The molecule has 96 valence electrons. The van der Waals surface area contributed by atoms with Crippen LogP contribution in [0.15, 0.2) is 24.4 Å². The van der Waals surface area contributed by atoms with E-state index in [1.54, 1.807) is 13.3 Å². The van der Waals surface area contributed by atoms with Gasteiger partial charge in [-0.25, -0.2) is 4.68 Å². The van der Waals surface area contributed by atoms with Crippen molar-refractivity contribution >= 4 is 17.4 Å². The van der Waals surface area contributed by atoms with Crippen LogP contribution in [0.1, 0.15) is 5.56 Å². The first-order valence-corrected chi connectivity index (χ1v) is 5.74. The van der Waals surface area contributed by atoms with E-state index in [9.17, 15) is 0 Å². The Morgan fingerprint density at radius 3 is 2.78 bits per heavy atom. The van der Waals surface area contributed by atoms with Crippen molar-refractivity contribution < 1.29 is 9.47 Å². The van der Waals surface area contributed by atoms with Gasteiger partial charge in [0.2, 0.25) is 0 Å². The fourth-order valence-electron chi connectivity index (χ4n) is 1.51. The summed E-state index contributed by atoms with van der Waals surface area (Å²) in [5.41, 5.74) is 6.64. The third-order valence-electron chi connectivity index (χ3n) is 2.41. The first kappa shape index (κ1) is 12.6. The number of aromatic nitrogens is 2. The van der Waals surface area contributed by atoms with Crippen LogP contribution in [0.25, 0.3) is 0 Å². The number of hydrogen-bond donors (Lipinski definition) is 1. The molecular weight excluding hydrogens is 254 g/mol. The number of rotatable bonds is 4. The first-order valence-electron chi connectivity index (χ1n) is 5.36. The number of ether oxygens (including phenoxy) is 2. The average Bonchev–Trinajstić information content (AvgIpc) is 2.67. The number of halogens is 1. The van der Waals surface area contributed by atoms with Gasteiger partial charge in [-0.05, 0) is 24.6 Å². The Hall–Kier alpha value is -1.88. The predicted molar refractivity (Wildman–Crippen MR) is 70.0 cm³/mol. The molecule has 0 aliphatic rings. The number of nitrogens with zero attached hydrogens (tertiary/aromatic N) is 2. The van der Waals surface area contributed by atoms with E-state index in [0.717, 1.165) is 5.56 Å². The predicted octanol–water partition coefficient (Wildman–Crippen LogP) is 2.47. The third-order valence-corrected chi connectivity index (χ3v) is 2.71. The second kappa shape index (κ2) is 5.18. The minimum Gasteiger partial charge on any atom is -0.493 e. The van der Waals surface area contributed by atoms with Crippen LogP contribution in [-0.2, 0) is 6.73 Å². The van der Waals surface area contributed by atoms with Gasteiger partial charge in [0.05, 0.1) is 7.11 Å². The molecule has 0 aliphatic heterocycles. The van der Waals surface area contributed by atoms with E-state index in [2.05, 4.69) is 5.10 Å². The third kappa shape index (κ3) is 2.68. The Morgan fingerprint density at radius 1 is 1.39 bits per heavy atom. The lowest BCUT2D eigenvalue weighted by atomic mass is 10.2. The largest absolute Gasteiger partial charge is 0.493 e. The molecule has 0 saturated heterocycles. The van der Waals surface area contributed by atoms with Crippen LogP contribution in [0, 0.1) is 6.92 Å². The van der Waals surface area contributed by atoms with Gasteiger partial charge >= 0.3 is 0 Å². The lowest BCUT2D eigenvalue weighted by molar-refractivity contribution is 0.211. The van der Waals surface area contributed by atoms with Crippen molar-refractivity contribution in [2.24, 2.45) is 0 Å². The van der Waals surface area contributed by atoms with E-state index < -0.39 is 0 Å². The molecule has 2 N–H and O–H groups in total. The maximum absolute atomic E-state index is 5.80. The Balaban J connectivity index is 2.10. The number of methoxy groups -OCH3 is 1. The Labute approximate surface area is 110 Å². The lowest BCUT2D eigenvalue weighted by Crippen LogP contribution is -2.06. The normalized spacial score (nSPS) is 10.4. The van der Waals surface area contributed by atoms with E-state index >= 15 is 0 Å². The number of aryl methyl sites for hydroxylation is 1. The highest BCUT2D eigenvalue weighted by molar-refractivity contribution is 6.32. The van der Waals surface area contributed by atoms with Crippen LogP contribution in [0.3, 0.4) is 0 Å². The Bertz CT molecular complexity index is 535. The van der Waals surface area contributed by atoms with Crippen molar-refractivity contribution in [3.8, 4) is 11.5 Å². The van der Waals surface area contributed by atoms with Crippen LogP contribution >= 0.6 is 11.6 Å². The molecule has 0 unspecified atom stereocenters. The molecule has 1 heterocycles. The molecule has 2 aromatic rings. The molecule has 2 rings (SSSR count). The second-order valence-corrected chi connectivity index (χ2v) is 4.24. The van der Waals surface area contributed by atoms with Crippen molar-refractivity contribution in [2.45, 2.75) is 13.7 Å². The van der Waals surface area contributed by atoms with Crippen LogP contribution in [0.5, 0.6) is 11.5 Å². The molecule has 5 nitrogen and oxygen atoms in total. The molecule has 0 amide bonds. The molecule has 0 spiro atoms. The lowest BCUT2D eigenvalue weighted by Gasteiger charge is -2.11. The van der Waals surface area contributed by atoms with E-state index in [0.29, 0.717) is 16.5 Å². The van der Waals surface area contributed by atoms with Gasteiger partial charge in [0.25, 0.3) is 0 Å². The number of anilines is 1. The summed E-state index contributed by atoms with van der Waals surface area (Å²) in [6.45, 7) is 2.20. The molecule has 18 heavy (non-hydrogen) atoms. The summed E-state index contributed by atoms with van der Waals surface area (Å²) in [7, 11) is 1.60. The SMILES string of the molecule is COc1cc(C)ccc1OCn1cc(Cl)c(N)n1. The van der Waals surface area contributed by atoms with Gasteiger partial charge in [-0.3, -0.25) is 0 Å². The molecular formula is C12H14ClN3O2. The molecule has 0 bridgehead atoms. The Morgan fingerprint density at radius 2 is 2.17 bits per heavy atom. The molecule has 0 fully saturated rings. The monoisotopic (exact) mass is 267 g/mol. The zero-order valence-corrected chi connectivity index (χ0v) is 10.9. The zero-order chi connectivity index (χ0) is 13.1. The zero-order valence-electron chi connectivity index (χ0n) is 10.2. The first-order chi connectivity index (χ1) is 8.60. The van der Waals surface area contributed by atoms with Crippen LogP contribution in [-0.4, -0.2) is 16.9 Å². The maximum Gasteiger partial charge on any atom is 0.181 e. The highest BCUT2D eigenvalue weighted by Gasteiger charge is 2.06. The van der Waals surface area contributed by atoms with Gasteiger partial charge in [-0.2, -0.15) is 5.10 Å². The van der Waals surface area contributed by atoms with Gasteiger partial charge < -0.3 is 15.2 Å². The fourth-order valence-corrected chi connectivity index (χ4v) is 1.66. The Kier molecular flexibility index (Phi) is 3.62. The van der Waals surface area contributed by atoms with Gasteiger partial charge in [-0.1, -0.05) is 17.7 Å². The highest BCUT2D eigenvalue weighted by Crippen LogP contribution is 2.28. The molecule has 0 atom stereocenters. The van der Waals surface area contributed by atoms with E-state index in [-0.39, 0.29) is 12.5 Å². The van der Waals surface area contributed by atoms with Crippen molar-refractivity contribution in [2.75, 3.05) is 12.8 Å². The molecule has 6 heteroatoms. The topological polar surface area (TPSA) is 62.3 Å². The van der Waals surface area contributed by atoms with Crippen molar-refractivity contribution in [3.05, 3.63) is 35.0 Å². The minimum atomic E-state index is 0.219. The molecule has 1 aromatic carbocycles. The van der Waals surface area contributed by atoms with Crippen molar-refractivity contribution in [3.63, 3.8) is 0 Å². The van der Waals surface area contributed by atoms with Crippen LogP contribution in [0.4, 0.5) is 5.82 Å². The molecule has 0 radical (unpaired) electrons. The summed E-state index contributed by atoms with van der Waals surface area (Å²) < 4.78 is 12.4. The van der Waals surface area contributed by atoms with Crippen LogP contribution in [0.2, 0.25) is 5.02 Å². The maximum atomic E-state index is 5.80. The quantitative estimate of drug-likeness (QED) is 0.924. The minimum absolute atomic E-state index is 0.219. The summed E-state index contributed by atoms with van der Waals surface area (Å²) in [5.74, 6) is 1.62. The summed E-state index contributed by atoms with van der Waals surface area (Å²) in [5, 5.41) is 4.41. The van der Waals surface area contributed by atoms with E-state index in [1.165, 1.54) is 4.68 Å². The summed E-state index contributed by atoms with van der Waals surface area (Å²) >= 11 is 5.80. The van der Waals surface area contributed by atoms with Crippen molar-refractivity contribution in [1.29, 1.82) is 0 Å². The number of benzene rings is 1. The fraction of sp³-hybridized carbons (Fsp3) is 0.250. The molecule has 0 aliphatic carbocycles. The summed E-state index contributed by atoms with van der Waals surface area (Å²) in [4.78, 5) is 0. The number of nitrogen functional groups attached to an aromatic ring is 1. The summed E-state index contributed by atoms with van der Waals surface area (Å²) in [6.07, 6.45) is 1.61. The van der Waals surface area contributed by atoms with Gasteiger partial charge in [-0.15, -0.1) is 0 Å². The number of hydrogen-bond acceptors (Lipinski definition) is 4. The number of nitrogens with two attached hydrogens (primary N) is 1. The van der Waals surface area contributed by atoms with E-state index in [4.69, 9.17) is 26.8 Å². The second-order valence-electron chi connectivity index (χ2n) is 3.83. The highest BCUT2D eigenvalue weighted by atomic mass is 35.5. The molecule has 1 aromatic heterocycles. The van der Waals surface area contributed by atoms with E-state index in [1.807, 2.05) is 25.1 Å². The standard InChI is InChI=1S/C12H14ClN3O2/c1-8-3-4-10(11(5-8)17-2)18-7-16-6-9(13)12(14)15-16/h3-6H,7H2,1-2H3,(H2,14,15). The van der Waals surface area contributed by atoms with Gasteiger partial charge in [0.1, 0.15) is 5.02 Å². The summed E-state index contributed by atoms with van der Waals surface area (Å²) in [6, 6.07) is 5.70. The van der Waals surface area contributed by atoms with Gasteiger partial charge in [0, 0.05) is 6.20 Å². The van der Waals surface area contributed by atoms with Crippen LogP contribution < -0.4 is 15.2 Å². The van der Waals surface area contributed by atoms with Gasteiger partial charge in [0.15, 0.2) is 24.0 Å². The average molecular weight is 268 g/mol. The smallest absolute Gasteiger partial charge is 0.181 e.